The van der Waals surface area contributed by atoms with Gasteiger partial charge in [-0.2, -0.15) is 5.10 Å². The van der Waals surface area contributed by atoms with Crippen LogP contribution in [0.1, 0.15) is 35.7 Å². The van der Waals surface area contributed by atoms with Crippen LogP contribution < -0.4 is 4.72 Å². The third-order valence-electron chi connectivity index (χ3n) is 4.92. The summed E-state index contributed by atoms with van der Waals surface area (Å²) >= 11 is 0. The van der Waals surface area contributed by atoms with Crippen LogP contribution in [0.5, 0.6) is 0 Å². The van der Waals surface area contributed by atoms with Crippen molar-refractivity contribution in [1.82, 2.24) is 19.4 Å². The first-order valence-electron chi connectivity index (χ1n) is 8.80. The highest BCUT2D eigenvalue weighted by Gasteiger charge is 2.36. The molecule has 6 nitrogen and oxygen atoms in total. The third-order valence-corrected chi connectivity index (χ3v) is 6.84. The fraction of sp³-hybridized carbons (Fsp3) is 0.500. The summed E-state index contributed by atoms with van der Waals surface area (Å²) in [6.45, 7) is 4.98. The average Bonchev–Trinajstić information content (AvgIpc) is 3.33. The zero-order valence-electron chi connectivity index (χ0n) is 14.4. The Morgan fingerprint density at radius 2 is 2.12 bits per heavy atom. The molecule has 0 radical (unpaired) electrons. The molecule has 0 amide bonds. The molecule has 2 heterocycles. The van der Waals surface area contributed by atoms with E-state index in [0.29, 0.717) is 6.54 Å². The van der Waals surface area contributed by atoms with Crippen molar-refractivity contribution in [3.8, 4) is 0 Å². The summed E-state index contributed by atoms with van der Waals surface area (Å²) in [6.07, 6.45) is 3.37. The van der Waals surface area contributed by atoms with E-state index in [0.717, 1.165) is 38.2 Å². The van der Waals surface area contributed by atoms with E-state index in [1.54, 1.807) is 6.20 Å². The second kappa shape index (κ2) is 6.55. The standard InChI is InChI=1S/C18H24N4O2S/c1-14-3-2-4-15(9-14)11-21-12-16-7-8-19-22(16)17(13-21)10-20-25(23,24)18-5-6-18/h2-4,7-9,17-18,20H,5-6,10-13H2,1H3. The number of aromatic nitrogens is 2. The van der Waals surface area contributed by atoms with Crippen molar-refractivity contribution in [2.24, 2.45) is 0 Å². The zero-order valence-corrected chi connectivity index (χ0v) is 15.2. The molecular formula is C18H24N4O2S. The van der Waals surface area contributed by atoms with Gasteiger partial charge < -0.3 is 0 Å². The van der Waals surface area contributed by atoms with E-state index < -0.39 is 10.0 Å². The molecule has 7 heteroatoms. The maximum absolute atomic E-state index is 12.1. The van der Waals surface area contributed by atoms with Gasteiger partial charge in [-0.05, 0) is 31.4 Å². The van der Waals surface area contributed by atoms with E-state index in [-0.39, 0.29) is 11.3 Å². The van der Waals surface area contributed by atoms with Crippen LogP contribution >= 0.6 is 0 Å². The second-order valence-corrected chi connectivity index (χ2v) is 9.22. The van der Waals surface area contributed by atoms with Crippen molar-refractivity contribution < 1.29 is 8.42 Å². The van der Waals surface area contributed by atoms with Crippen molar-refractivity contribution >= 4 is 10.0 Å². The Labute approximate surface area is 148 Å². The van der Waals surface area contributed by atoms with Gasteiger partial charge in [0.05, 0.1) is 17.0 Å². The number of nitrogens with one attached hydrogen (secondary N) is 1. The second-order valence-electron chi connectivity index (χ2n) is 7.17. The Morgan fingerprint density at radius 3 is 2.88 bits per heavy atom. The highest BCUT2D eigenvalue weighted by atomic mass is 32.2. The first kappa shape index (κ1) is 16.8. The van der Waals surface area contributed by atoms with Crippen LogP contribution in [0.15, 0.2) is 36.5 Å². The quantitative estimate of drug-likeness (QED) is 0.853. The van der Waals surface area contributed by atoms with Gasteiger partial charge in [0.25, 0.3) is 0 Å². The number of sulfonamides is 1. The van der Waals surface area contributed by atoms with Gasteiger partial charge in [-0.1, -0.05) is 29.8 Å². The number of hydrogen-bond acceptors (Lipinski definition) is 4. The Morgan fingerprint density at radius 1 is 1.28 bits per heavy atom. The Hall–Kier alpha value is -1.70. The molecule has 0 saturated heterocycles. The predicted octanol–water partition coefficient (Wildman–Crippen LogP) is 1.83. The van der Waals surface area contributed by atoms with E-state index in [2.05, 4.69) is 45.9 Å². The summed E-state index contributed by atoms with van der Waals surface area (Å²) in [4.78, 5) is 2.36. The number of benzene rings is 1. The molecular weight excluding hydrogens is 336 g/mol. The minimum atomic E-state index is -3.16. The number of fused-ring (bicyclic) bond motifs is 1. The fourth-order valence-electron chi connectivity index (χ4n) is 3.51. The summed E-state index contributed by atoms with van der Waals surface area (Å²) < 4.78 is 29.1. The van der Waals surface area contributed by atoms with Crippen LogP contribution in [-0.4, -0.2) is 41.4 Å². The molecule has 1 aromatic carbocycles. The molecule has 0 spiro atoms. The number of aryl methyl sites for hydroxylation is 1. The lowest BCUT2D eigenvalue weighted by Crippen LogP contribution is -2.43. The van der Waals surface area contributed by atoms with Gasteiger partial charge in [0.15, 0.2) is 0 Å². The predicted molar refractivity (Wildman–Crippen MR) is 96.5 cm³/mol. The molecule has 1 saturated carbocycles. The highest BCUT2D eigenvalue weighted by Crippen LogP contribution is 2.28. The lowest BCUT2D eigenvalue weighted by Gasteiger charge is -2.34. The van der Waals surface area contributed by atoms with Crippen LogP contribution in [0.3, 0.4) is 0 Å². The minimum Gasteiger partial charge on any atom is -0.291 e. The highest BCUT2D eigenvalue weighted by molar-refractivity contribution is 7.90. The lowest BCUT2D eigenvalue weighted by atomic mass is 10.1. The van der Waals surface area contributed by atoms with Crippen LogP contribution in [0.2, 0.25) is 0 Å². The average molecular weight is 360 g/mol. The summed E-state index contributed by atoms with van der Waals surface area (Å²) in [5.74, 6) is 0. The summed E-state index contributed by atoms with van der Waals surface area (Å²) in [5, 5.41) is 4.23. The first-order valence-corrected chi connectivity index (χ1v) is 10.3. The van der Waals surface area contributed by atoms with Gasteiger partial charge in [-0.15, -0.1) is 0 Å². The van der Waals surface area contributed by atoms with Gasteiger partial charge in [-0.3, -0.25) is 9.58 Å². The molecule has 2 aromatic rings. The van der Waals surface area contributed by atoms with Crippen LogP contribution in [0, 0.1) is 6.92 Å². The van der Waals surface area contributed by atoms with Gasteiger partial charge >= 0.3 is 0 Å². The molecule has 25 heavy (non-hydrogen) atoms. The summed E-state index contributed by atoms with van der Waals surface area (Å²) in [7, 11) is -3.16. The molecule has 1 aliphatic heterocycles. The van der Waals surface area contributed by atoms with Crippen molar-refractivity contribution in [2.45, 2.75) is 44.1 Å². The summed E-state index contributed by atoms with van der Waals surface area (Å²) in [5.41, 5.74) is 3.67. The molecule has 1 unspecified atom stereocenters. The molecule has 1 N–H and O–H groups in total. The maximum Gasteiger partial charge on any atom is 0.214 e. The van der Waals surface area contributed by atoms with Crippen molar-refractivity contribution in [3.63, 3.8) is 0 Å². The van der Waals surface area contributed by atoms with Crippen LogP contribution in [-0.2, 0) is 23.1 Å². The number of hydrogen-bond donors (Lipinski definition) is 1. The van der Waals surface area contributed by atoms with E-state index in [1.165, 1.54) is 11.1 Å². The zero-order chi connectivity index (χ0) is 17.4. The molecule has 1 fully saturated rings. The summed E-state index contributed by atoms with van der Waals surface area (Å²) in [6, 6.07) is 10.6. The van der Waals surface area contributed by atoms with Crippen LogP contribution in [0.25, 0.3) is 0 Å². The van der Waals surface area contributed by atoms with Crippen LogP contribution in [0.4, 0.5) is 0 Å². The Bertz CT molecular complexity index is 857. The van der Waals surface area contributed by atoms with E-state index in [4.69, 9.17) is 0 Å². The molecule has 0 bridgehead atoms. The van der Waals surface area contributed by atoms with Gasteiger partial charge in [-0.25, -0.2) is 13.1 Å². The third kappa shape index (κ3) is 3.78. The van der Waals surface area contributed by atoms with E-state index in [1.807, 2.05) is 10.7 Å². The van der Waals surface area contributed by atoms with Gasteiger partial charge in [0.2, 0.25) is 10.0 Å². The first-order chi connectivity index (χ1) is 12.0. The Kier molecular flexibility index (Phi) is 4.39. The number of rotatable bonds is 6. The minimum absolute atomic E-state index is 0.0251. The monoisotopic (exact) mass is 360 g/mol. The van der Waals surface area contributed by atoms with Gasteiger partial charge in [0, 0.05) is 32.4 Å². The SMILES string of the molecule is Cc1cccc(CN2Cc3ccnn3C(CNS(=O)(=O)C3CC3)C2)c1. The van der Waals surface area contributed by atoms with Crippen molar-refractivity contribution in [3.05, 3.63) is 53.3 Å². The van der Waals surface area contributed by atoms with E-state index in [9.17, 15) is 8.42 Å². The van der Waals surface area contributed by atoms with Gasteiger partial charge in [0.1, 0.15) is 0 Å². The smallest absolute Gasteiger partial charge is 0.214 e. The molecule has 4 rings (SSSR count). The molecule has 1 aliphatic carbocycles. The Balaban J connectivity index is 1.47. The van der Waals surface area contributed by atoms with Crippen molar-refractivity contribution in [2.75, 3.05) is 13.1 Å². The maximum atomic E-state index is 12.1. The fourth-order valence-corrected chi connectivity index (χ4v) is 4.93. The molecule has 1 aromatic heterocycles. The lowest BCUT2D eigenvalue weighted by molar-refractivity contribution is 0.168. The molecule has 134 valence electrons. The topological polar surface area (TPSA) is 67.2 Å². The molecule has 1 atom stereocenters. The van der Waals surface area contributed by atoms with Crippen molar-refractivity contribution in [1.29, 1.82) is 0 Å². The largest absolute Gasteiger partial charge is 0.291 e. The number of nitrogens with zero attached hydrogens (tertiary/aromatic N) is 3. The molecule has 2 aliphatic rings. The normalized spacial score (nSPS) is 21.2. The van der Waals surface area contributed by atoms with E-state index >= 15 is 0 Å².